The maximum absolute atomic E-state index is 6.20. The Kier molecular flexibility index (Phi) is 3.25. The topological polar surface area (TPSA) is 43.6 Å². The van der Waals surface area contributed by atoms with Crippen LogP contribution >= 0.6 is 11.6 Å². The summed E-state index contributed by atoms with van der Waals surface area (Å²) in [4.78, 5) is 4.10. The Hall–Kier alpha value is -2.20. The van der Waals surface area contributed by atoms with Crippen LogP contribution in [0.5, 0.6) is 0 Å². The molecule has 5 heteroatoms. The Labute approximate surface area is 115 Å². The van der Waals surface area contributed by atoms with E-state index >= 15 is 0 Å². The molecule has 0 fully saturated rings. The van der Waals surface area contributed by atoms with Crippen molar-refractivity contribution in [1.82, 2.24) is 19.7 Å². The lowest BCUT2D eigenvalue weighted by atomic mass is 10.2. The molecule has 19 heavy (non-hydrogen) atoms. The minimum absolute atomic E-state index is 0.666. The minimum atomic E-state index is 0.666. The SMILES string of the molecule is Clc1ccccc1-n1cnnc1Cc1cccnc1. The van der Waals surface area contributed by atoms with Crippen LogP contribution in [0.4, 0.5) is 0 Å². The van der Waals surface area contributed by atoms with Gasteiger partial charge in [-0.1, -0.05) is 29.8 Å². The Balaban J connectivity index is 1.98. The van der Waals surface area contributed by atoms with E-state index in [2.05, 4.69) is 15.2 Å². The maximum atomic E-state index is 6.20. The van der Waals surface area contributed by atoms with E-state index in [4.69, 9.17) is 11.6 Å². The van der Waals surface area contributed by atoms with Gasteiger partial charge < -0.3 is 0 Å². The van der Waals surface area contributed by atoms with Gasteiger partial charge in [-0.2, -0.15) is 0 Å². The van der Waals surface area contributed by atoms with E-state index in [9.17, 15) is 0 Å². The zero-order chi connectivity index (χ0) is 13.1. The monoisotopic (exact) mass is 270 g/mol. The molecule has 0 N–H and O–H groups in total. The molecular weight excluding hydrogens is 260 g/mol. The molecule has 0 aliphatic heterocycles. The molecule has 0 bridgehead atoms. The van der Waals surface area contributed by atoms with Gasteiger partial charge in [0.15, 0.2) is 0 Å². The second-order valence-electron chi connectivity index (χ2n) is 4.11. The summed E-state index contributed by atoms with van der Waals surface area (Å²) in [6.45, 7) is 0. The molecule has 94 valence electrons. The third kappa shape index (κ3) is 2.48. The van der Waals surface area contributed by atoms with Gasteiger partial charge in [-0.15, -0.1) is 10.2 Å². The highest BCUT2D eigenvalue weighted by Gasteiger charge is 2.09. The van der Waals surface area contributed by atoms with Crippen molar-refractivity contribution in [1.29, 1.82) is 0 Å². The van der Waals surface area contributed by atoms with Crippen molar-refractivity contribution in [3.05, 3.63) is 71.5 Å². The van der Waals surface area contributed by atoms with Crippen LogP contribution in [0.15, 0.2) is 55.1 Å². The van der Waals surface area contributed by atoms with E-state index in [1.54, 1.807) is 12.5 Å². The molecule has 0 saturated heterocycles. The summed E-state index contributed by atoms with van der Waals surface area (Å²) in [6, 6.07) is 11.6. The first kappa shape index (κ1) is 11.9. The van der Waals surface area contributed by atoms with Crippen LogP contribution in [-0.2, 0) is 6.42 Å². The number of hydrogen-bond acceptors (Lipinski definition) is 3. The van der Waals surface area contributed by atoms with Crippen molar-refractivity contribution < 1.29 is 0 Å². The van der Waals surface area contributed by atoms with Gasteiger partial charge in [-0.05, 0) is 23.8 Å². The van der Waals surface area contributed by atoms with E-state index in [1.165, 1.54) is 0 Å². The number of hydrogen-bond donors (Lipinski definition) is 0. The van der Waals surface area contributed by atoms with Gasteiger partial charge in [0.1, 0.15) is 12.2 Å². The highest BCUT2D eigenvalue weighted by atomic mass is 35.5. The van der Waals surface area contributed by atoms with Crippen molar-refractivity contribution in [3.63, 3.8) is 0 Å². The van der Waals surface area contributed by atoms with Crippen LogP contribution in [0.3, 0.4) is 0 Å². The second-order valence-corrected chi connectivity index (χ2v) is 4.51. The summed E-state index contributed by atoms with van der Waals surface area (Å²) in [5.74, 6) is 0.834. The molecule has 0 aliphatic rings. The molecule has 0 aliphatic carbocycles. The molecule has 0 radical (unpaired) electrons. The molecule has 0 amide bonds. The van der Waals surface area contributed by atoms with E-state index in [0.29, 0.717) is 11.4 Å². The molecule has 0 unspecified atom stereocenters. The molecule has 0 saturated carbocycles. The van der Waals surface area contributed by atoms with Crippen LogP contribution in [0, 0.1) is 0 Å². The summed E-state index contributed by atoms with van der Waals surface area (Å²) in [6.07, 6.45) is 5.92. The predicted octanol–water partition coefficient (Wildman–Crippen LogP) is 2.91. The fraction of sp³-hybridized carbons (Fsp3) is 0.0714. The number of aromatic nitrogens is 4. The van der Waals surface area contributed by atoms with Gasteiger partial charge in [0.2, 0.25) is 0 Å². The largest absolute Gasteiger partial charge is 0.284 e. The van der Waals surface area contributed by atoms with E-state index in [1.807, 2.05) is 47.2 Å². The zero-order valence-electron chi connectivity index (χ0n) is 10.1. The number of halogens is 1. The summed E-state index contributed by atoms with van der Waals surface area (Å²) in [5.41, 5.74) is 1.97. The number of para-hydroxylation sites is 1. The lowest BCUT2D eigenvalue weighted by Crippen LogP contribution is -2.02. The Morgan fingerprint density at radius 3 is 2.79 bits per heavy atom. The van der Waals surface area contributed by atoms with Gasteiger partial charge in [0, 0.05) is 18.8 Å². The van der Waals surface area contributed by atoms with Crippen LogP contribution in [0.1, 0.15) is 11.4 Å². The van der Waals surface area contributed by atoms with Gasteiger partial charge in [0.25, 0.3) is 0 Å². The summed E-state index contributed by atoms with van der Waals surface area (Å²) in [5, 5.41) is 8.80. The molecule has 0 atom stereocenters. The van der Waals surface area contributed by atoms with Gasteiger partial charge in [0.05, 0.1) is 10.7 Å². The Morgan fingerprint density at radius 1 is 1.11 bits per heavy atom. The molecular formula is C14H11ClN4. The normalized spacial score (nSPS) is 10.6. The van der Waals surface area contributed by atoms with Crippen LogP contribution in [0.2, 0.25) is 5.02 Å². The first-order valence-electron chi connectivity index (χ1n) is 5.87. The van der Waals surface area contributed by atoms with Crippen molar-refractivity contribution in [2.45, 2.75) is 6.42 Å². The van der Waals surface area contributed by atoms with E-state index < -0.39 is 0 Å². The summed E-state index contributed by atoms with van der Waals surface area (Å²) in [7, 11) is 0. The average Bonchev–Trinajstić information content (AvgIpc) is 2.88. The van der Waals surface area contributed by atoms with Crippen molar-refractivity contribution in [2.75, 3.05) is 0 Å². The van der Waals surface area contributed by atoms with Crippen molar-refractivity contribution in [3.8, 4) is 5.69 Å². The fourth-order valence-corrected chi connectivity index (χ4v) is 2.14. The zero-order valence-corrected chi connectivity index (χ0v) is 10.8. The van der Waals surface area contributed by atoms with Gasteiger partial charge >= 0.3 is 0 Å². The van der Waals surface area contributed by atoms with Crippen LogP contribution in [-0.4, -0.2) is 19.7 Å². The highest BCUT2D eigenvalue weighted by Crippen LogP contribution is 2.21. The van der Waals surface area contributed by atoms with E-state index in [0.717, 1.165) is 17.1 Å². The third-order valence-electron chi connectivity index (χ3n) is 2.82. The van der Waals surface area contributed by atoms with Crippen molar-refractivity contribution >= 4 is 11.6 Å². The molecule has 4 nitrogen and oxygen atoms in total. The fourth-order valence-electron chi connectivity index (χ4n) is 1.91. The van der Waals surface area contributed by atoms with E-state index in [-0.39, 0.29) is 0 Å². The molecule has 1 aromatic carbocycles. The Morgan fingerprint density at radius 2 is 2.00 bits per heavy atom. The quantitative estimate of drug-likeness (QED) is 0.735. The molecule has 0 spiro atoms. The van der Waals surface area contributed by atoms with Gasteiger partial charge in [-0.25, -0.2) is 0 Å². The predicted molar refractivity (Wildman–Crippen MR) is 73.4 cm³/mol. The number of pyridine rings is 1. The lowest BCUT2D eigenvalue weighted by Gasteiger charge is -2.08. The maximum Gasteiger partial charge on any atom is 0.141 e. The minimum Gasteiger partial charge on any atom is -0.284 e. The smallest absolute Gasteiger partial charge is 0.141 e. The molecule has 3 rings (SSSR count). The number of benzene rings is 1. The lowest BCUT2D eigenvalue weighted by molar-refractivity contribution is 0.902. The second kappa shape index (κ2) is 5.20. The highest BCUT2D eigenvalue weighted by molar-refractivity contribution is 6.32. The summed E-state index contributed by atoms with van der Waals surface area (Å²) >= 11 is 6.20. The number of nitrogens with zero attached hydrogens (tertiary/aromatic N) is 4. The first-order valence-corrected chi connectivity index (χ1v) is 6.25. The molecule has 3 aromatic rings. The molecule has 2 heterocycles. The van der Waals surface area contributed by atoms with Crippen LogP contribution in [0.25, 0.3) is 5.69 Å². The first-order chi connectivity index (χ1) is 9.34. The average molecular weight is 271 g/mol. The van der Waals surface area contributed by atoms with Crippen LogP contribution < -0.4 is 0 Å². The number of rotatable bonds is 3. The standard InChI is InChI=1S/C14H11ClN4/c15-12-5-1-2-6-13(12)19-10-17-18-14(19)8-11-4-3-7-16-9-11/h1-7,9-10H,8H2. The van der Waals surface area contributed by atoms with Gasteiger partial charge in [-0.3, -0.25) is 9.55 Å². The Bertz CT molecular complexity index is 679. The van der Waals surface area contributed by atoms with Crippen molar-refractivity contribution in [2.24, 2.45) is 0 Å². The third-order valence-corrected chi connectivity index (χ3v) is 3.13. The molecule has 2 aromatic heterocycles. The summed E-state index contributed by atoms with van der Waals surface area (Å²) < 4.78 is 1.90.